The highest BCUT2D eigenvalue weighted by Gasteiger charge is 2.18. The van der Waals surface area contributed by atoms with Gasteiger partial charge in [-0.05, 0) is 42.0 Å². The SMILES string of the molecule is Cc1ccc2c(c1)c1c(-c3ccccc3)cccc1c1nc(CC(C)(C)C)cn21. The number of imidazole rings is 1. The van der Waals surface area contributed by atoms with Crippen molar-refractivity contribution in [3.05, 3.63) is 84.2 Å². The molecule has 5 aromatic rings. The highest BCUT2D eigenvalue weighted by Crippen LogP contribution is 2.37. The van der Waals surface area contributed by atoms with Gasteiger partial charge in [0.05, 0.1) is 11.2 Å². The van der Waals surface area contributed by atoms with Gasteiger partial charge in [-0.2, -0.15) is 0 Å². The molecule has 0 aliphatic heterocycles. The molecule has 0 fully saturated rings. The average molecular weight is 379 g/mol. The van der Waals surface area contributed by atoms with Gasteiger partial charge in [0.15, 0.2) is 0 Å². The van der Waals surface area contributed by atoms with E-state index in [2.05, 4.69) is 105 Å². The lowest BCUT2D eigenvalue weighted by molar-refractivity contribution is 0.407. The lowest BCUT2D eigenvalue weighted by Crippen LogP contribution is -2.09. The monoisotopic (exact) mass is 378 g/mol. The summed E-state index contributed by atoms with van der Waals surface area (Å²) in [5.74, 6) is 0. The number of nitrogens with zero attached hydrogens (tertiary/aromatic N) is 2. The molecule has 0 N–H and O–H groups in total. The molecule has 29 heavy (non-hydrogen) atoms. The van der Waals surface area contributed by atoms with Crippen molar-refractivity contribution in [3.63, 3.8) is 0 Å². The molecule has 0 saturated heterocycles. The van der Waals surface area contributed by atoms with E-state index in [0.29, 0.717) is 0 Å². The highest BCUT2D eigenvalue weighted by molar-refractivity contribution is 6.17. The Hall–Kier alpha value is -3.13. The van der Waals surface area contributed by atoms with Crippen molar-refractivity contribution in [2.75, 3.05) is 0 Å². The molecule has 0 unspecified atom stereocenters. The number of rotatable bonds is 2. The Balaban J connectivity index is 1.94. The summed E-state index contributed by atoms with van der Waals surface area (Å²) in [5, 5.41) is 3.79. The van der Waals surface area contributed by atoms with E-state index in [1.807, 2.05) is 0 Å². The third kappa shape index (κ3) is 3.09. The van der Waals surface area contributed by atoms with Gasteiger partial charge < -0.3 is 0 Å². The predicted molar refractivity (Wildman–Crippen MR) is 124 cm³/mol. The largest absolute Gasteiger partial charge is 0.299 e. The van der Waals surface area contributed by atoms with Crippen LogP contribution in [0.4, 0.5) is 0 Å². The van der Waals surface area contributed by atoms with Gasteiger partial charge in [0, 0.05) is 22.4 Å². The van der Waals surface area contributed by atoms with Crippen LogP contribution in [-0.4, -0.2) is 9.38 Å². The first-order valence-corrected chi connectivity index (χ1v) is 10.3. The second kappa shape index (κ2) is 6.45. The molecule has 0 saturated carbocycles. The predicted octanol–water partition coefficient (Wildman–Crippen LogP) is 7.20. The van der Waals surface area contributed by atoms with E-state index >= 15 is 0 Å². The lowest BCUT2D eigenvalue weighted by Gasteiger charge is -2.15. The van der Waals surface area contributed by atoms with Crippen LogP contribution in [0.1, 0.15) is 32.0 Å². The molecule has 0 radical (unpaired) electrons. The molecule has 0 aliphatic rings. The number of aromatic nitrogens is 2. The Labute approximate surface area is 171 Å². The molecule has 0 aliphatic carbocycles. The summed E-state index contributed by atoms with van der Waals surface area (Å²) in [4.78, 5) is 5.10. The van der Waals surface area contributed by atoms with Gasteiger partial charge in [0.2, 0.25) is 0 Å². The number of benzene rings is 3. The summed E-state index contributed by atoms with van der Waals surface area (Å²) in [7, 11) is 0. The van der Waals surface area contributed by atoms with E-state index in [1.54, 1.807) is 0 Å². The van der Waals surface area contributed by atoms with E-state index in [1.165, 1.54) is 38.4 Å². The molecule has 3 aromatic carbocycles. The fourth-order valence-corrected chi connectivity index (χ4v) is 4.38. The van der Waals surface area contributed by atoms with Crippen LogP contribution in [0, 0.1) is 12.3 Å². The minimum absolute atomic E-state index is 0.204. The van der Waals surface area contributed by atoms with Crippen LogP contribution < -0.4 is 0 Å². The molecule has 5 rings (SSSR count). The van der Waals surface area contributed by atoms with Crippen LogP contribution in [0.25, 0.3) is 38.4 Å². The van der Waals surface area contributed by atoms with E-state index in [4.69, 9.17) is 4.98 Å². The lowest BCUT2D eigenvalue weighted by atomic mass is 9.91. The van der Waals surface area contributed by atoms with Gasteiger partial charge in [-0.1, -0.05) is 80.9 Å². The summed E-state index contributed by atoms with van der Waals surface area (Å²) in [6.07, 6.45) is 3.19. The molecule has 0 amide bonds. The summed E-state index contributed by atoms with van der Waals surface area (Å²) >= 11 is 0. The zero-order valence-corrected chi connectivity index (χ0v) is 17.5. The summed E-state index contributed by atoms with van der Waals surface area (Å²) in [5.41, 5.74) is 7.40. The topological polar surface area (TPSA) is 17.3 Å². The van der Waals surface area contributed by atoms with Crippen molar-refractivity contribution in [3.8, 4) is 11.1 Å². The summed E-state index contributed by atoms with van der Waals surface area (Å²) < 4.78 is 2.28. The summed E-state index contributed by atoms with van der Waals surface area (Å²) in [6.45, 7) is 8.97. The molecule has 2 aromatic heterocycles. The molecule has 0 spiro atoms. The molecule has 144 valence electrons. The van der Waals surface area contributed by atoms with Gasteiger partial charge in [-0.3, -0.25) is 4.40 Å². The Kier molecular flexibility index (Phi) is 3.99. The second-order valence-corrected chi connectivity index (χ2v) is 9.28. The van der Waals surface area contributed by atoms with Crippen LogP contribution in [0.15, 0.2) is 72.9 Å². The molecular weight excluding hydrogens is 352 g/mol. The van der Waals surface area contributed by atoms with Crippen molar-refractivity contribution < 1.29 is 0 Å². The van der Waals surface area contributed by atoms with E-state index in [0.717, 1.165) is 17.8 Å². The van der Waals surface area contributed by atoms with Gasteiger partial charge in [0.1, 0.15) is 5.65 Å². The zero-order chi connectivity index (χ0) is 20.2. The van der Waals surface area contributed by atoms with Crippen LogP contribution >= 0.6 is 0 Å². The first-order chi connectivity index (χ1) is 13.9. The third-order valence-corrected chi connectivity index (χ3v) is 5.54. The van der Waals surface area contributed by atoms with Gasteiger partial charge in [-0.15, -0.1) is 0 Å². The van der Waals surface area contributed by atoms with Crippen molar-refractivity contribution >= 4 is 27.3 Å². The minimum atomic E-state index is 0.204. The molecule has 0 atom stereocenters. The summed E-state index contributed by atoms with van der Waals surface area (Å²) in [6, 6.07) is 24.0. The maximum Gasteiger partial charge on any atom is 0.145 e. The number of pyridine rings is 1. The zero-order valence-electron chi connectivity index (χ0n) is 17.5. The number of hydrogen-bond acceptors (Lipinski definition) is 1. The van der Waals surface area contributed by atoms with Crippen LogP contribution in [-0.2, 0) is 6.42 Å². The third-order valence-electron chi connectivity index (χ3n) is 5.54. The van der Waals surface area contributed by atoms with Crippen molar-refractivity contribution in [2.45, 2.75) is 34.1 Å². The van der Waals surface area contributed by atoms with E-state index in [-0.39, 0.29) is 5.41 Å². The molecule has 2 heteroatoms. The first-order valence-electron chi connectivity index (χ1n) is 10.3. The van der Waals surface area contributed by atoms with Crippen LogP contribution in [0.3, 0.4) is 0 Å². The fourth-order valence-electron chi connectivity index (χ4n) is 4.38. The maximum absolute atomic E-state index is 5.10. The van der Waals surface area contributed by atoms with Gasteiger partial charge >= 0.3 is 0 Å². The number of hydrogen-bond donors (Lipinski definition) is 0. The molecule has 2 nitrogen and oxygen atoms in total. The second-order valence-electron chi connectivity index (χ2n) is 9.28. The maximum atomic E-state index is 5.10. The standard InChI is InChI=1S/C27H26N2/c1-18-13-14-24-23(15-18)25-21(19-9-6-5-7-10-19)11-8-12-22(25)26-28-20(17-29(24)26)16-27(2,3)4/h5-15,17H,16H2,1-4H3. The highest BCUT2D eigenvalue weighted by atomic mass is 15.0. The molecule has 2 heterocycles. The van der Waals surface area contributed by atoms with Crippen molar-refractivity contribution in [2.24, 2.45) is 5.41 Å². The number of aryl methyl sites for hydroxylation is 1. The normalized spacial score (nSPS) is 12.3. The van der Waals surface area contributed by atoms with E-state index in [9.17, 15) is 0 Å². The smallest absolute Gasteiger partial charge is 0.145 e. The van der Waals surface area contributed by atoms with Crippen molar-refractivity contribution in [1.29, 1.82) is 0 Å². The molecule has 0 bridgehead atoms. The van der Waals surface area contributed by atoms with E-state index < -0.39 is 0 Å². The minimum Gasteiger partial charge on any atom is -0.299 e. The van der Waals surface area contributed by atoms with Gasteiger partial charge in [0.25, 0.3) is 0 Å². The van der Waals surface area contributed by atoms with Crippen LogP contribution in [0.5, 0.6) is 0 Å². The number of fused-ring (bicyclic) bond motifs is 6. The Morgan fingerprint density at radius 2 is 1.66 bits per heavy atom. The Morgan fingerprint density at radius 1 is 0.862 bits per heavy atom. The Morgan fingerprint density at radius 3 is 2.41 bits per heavy atom. The fraction of sp³-hybridized carbons (Fsp3) is 0.222. The van der Waals surface area contributed by atoms with Crippen molar-refractivity contribution in [1.82, 2.24) is 9.38 Å². The first kappa shape index (κ1) is 17.9. The van der Waals surface area contributed by atoms with Crippen LogP contribution in [0.2, 0.25) is 0 Å². The molecular formula is C27H26N2. The Bertz CT molecular complexity index is 1350. The average Bonchev–Trinajstić information content (AvgIpc) is 3.10. The quantitative estimate of drug-likeness (QED) is 0.297. The van der Waals surface area contributed by atoms with Gasteiger partial charge in [-0.25, -0.2) is 4.98 Å².